The molecule has 0 spiro atoms. The van der Waals surface area contributed by atoms with E-state index < -0.39 is 0 Å². The molecule has 0 radical (unpaired) electrons. The SMILES string of the molecule is CCCCCCN1C(=O)/C(=C\c2c(NCC(C)C)nc3c(C)cccn3c2=O)SC1=S. The summed E-state index contributed by atoms with van der Waals surface area (Å²) in [5, 5.41) is 3.30. The van der Waals surface area contributed by atoms with Crippen LogP contribution in [0.25, 0.3) is 11.7 Å². The molecular formula is C23H30N4O2S2. The van der Waals surface area contributed by atoms with Crippen LogP contribution in [-0.4, -0.2) is 37.6 Å². The first-order valence-electron chi connectivity index (χ1n) is 10.8. The van der Waals surface area contributed by atoms with Crippen LogP contribution in [0, 0.1) is 12.8 Å². The number of amides is 1. The highest BCUT2D eigenvalue weighted by Crippen LogP contribution is 2.33. The summed E-state index contributed by atoms with van der Waals surface area (Å²) in [7, 11) is 0. The molecule has 0 unspecified atom stereocenters. The summed E-state index contributed by atoms with van der Waals surface area (Å²) in [6.45, 7) is 9.57. The average molecular weight is 459 g/mol. The minimum absolute atomic E-state index is 0.130. The Morgan fingerprint density at radius 2 is 2.03 bits per heavy atom. The topological polar surface area (TPSA) is 66.7 Å². The number of carbonyl (C=O) groups is 1. The summed E-state index contributed by atoms with van der Waals surface area (Å²) in [4.78, 5) is 33.2. The normalized spacial score (nSPS) is 15.6. The van der Waals surface area contributed by atoms with Crippen LogP contribution >= 0.6 is 24.0 Å². The van der Waals surface area contributed by atoms with Crippen molar-refractivity contribution in [3.8, 4) is 0 Å². The van der Waals surface area contributed by atoms with Gasteiger partial charge in [-0.2, -0.15) is 0 Å². The number of pyridine rings is 1. The van der Waals surface area contributed by atoms with E-state index in [1.807, 2.05) is 19.1 Å². The lowest BCUT2D eigenvalue weighted by Crippen LogP contribution is -2.29. The molecule has 3 heterocycles. The highest BCUT2D eigenvalue weighted by Gasteiger charge is 2.32. The monoisotopic (exact) mass is 458 g/mol. The number of thioether (sulfide) groups is 1. The van der Waals surface area contributed by atoms with E-state index in [1.54, 1.807) is 17.2 Å². The fourth-order valence-corrected chi connectivity index (χ4v) is 4.69. The number of fused-ring (bicyclic) bond motifs is 1. The third kappa shape index (κ3) is 5.36. The molecule has 1 aliphatic rings. The summed E-state index contributed by atoms with van der Waals surface area (Å²) < 4.78 is 2.09. The van der Waals surface area contributed by atoms with Crippen molar-refractivity contribution in [3.05, 3.63) is 44.7 Å². The Balaban J connectivity index is 1.99. The van der Waals surface area contributed by atoms with Crippen LogP contribution in [0.1, 0.15) is 57.6 Å². The van der Waals surface area contributed by atoms with Gasteiger partial charge in [-0.1, -0.05) is 70.1 Å². The lowest BCUT2D eigenvalue weighted by molar-refractivity contribution is -0.122. The standard InChI is InChI=1S/C23H30N4O2S2/c1-5-6-7-8-11-27-22(29)18(31-23(27)30)13-17-19(24-14-15(2)3)25-20-16(4)10-9-12-26(20)21(17)28/h9-10,12-13,15,24H,5-8,11,14H2,1-4H3/b18-13+. The molecule has 166 valence electrons. The Labute approximate surface area is 193 Å². The summed E-state index contributed by atoms with van der Waals surface area (Å²) in [6, 6.07) is 3.75. The van der Waals surface area contributed by atoms with Crippen LogP contribution in [0.15, 0.2) is 28.0 Å². The third-order valence-corrected chi connectivity index (χ3v) is 6.52. The van der Waals surface area contributed by atoms with Crippen molar-refractivity contribution in [3.63, 3.8) is 0 Å². The molecule has 2 aromatic heterocycles. The lowest BCUT2D eigenvalue weighted by Gasteiger charge is -2.14. The van der Waals surface area contributed by atoms with Crippen molar-refractivity contribution in [2.24, 2.45) is 5.92 Å². The maximum atomic E-state index is 13.3. The predicted octanol–water partition coefficient (Wildman–Crippen LogP) is 4.85. The minimum atomic E-state index is -0.201. The molecule has 1 amide bonds. The van der Waals surface area contributed by atoms with Gasteiger partial charge >= 0.3 is 0 Å². The van der Waals surface area contributed by atoms with Gasteiger partial charge in [0, 0.05) is 19.3 Å². The van der Waals surface area contributed by atoms with Crippen LogP contribution < -0.4 is 10.9 Å². The number of aryl methyl sites for hydroxylation is 1. The van der Waals surface area contributed by atoms with Crippen LogP contribution in [0.4, 0.5) is 5.82 Å². The van der Waals surface area contributed by atoms with Gasteiger partial charge in [-0.3, -0.25) is 18.9 Å². The van der Waals surface area contributed by atoms with Gasteiger partial charge in [0.25, 0.3) is 11.5 Å². The molecule has 31 heavy (non-hydrogen) atoms. The van der Waals surface area contributed by atoms with Gasteiger partial charge in [-0.25, -0.2) is 4.98 Å². The number of rotatable bonds is 9. The molecule has 1 fully saturated rings. The van der Waals surface area contributed by atoms with Gasteiger partial charge in [0.1, 0.15) is 15.8 Å². The van der Waals surface area contributed by atoms with E-state index in [0.29, 0.717) is 45.3 Å². The second-order valence-electron chi connectivity index (χ2n) is 8.23. The molecule has 8 heteroatoms. The highest BCUT2D eigenvalue weighted by atomic mass is 32.2. The second kappa shape index (κ2) is 10.4. The van der Waals surface area contributed by atoms with Crippen molar-refractivity contribution in [1.82, 2.24) is 14.3 Å². The van der Waals surface area contributed by atoms with Gasteiger partial charge < -0.3 is 5.32 Å². The molecule has 0 saturated carbocycles. The van der Waals surface area contributed by atoms with Gasteiger partial charge in [0.15, 0.2) is 0 Å². The van der Waals surface area contributed by atoms with Crippen molar-refractivity contribution in [2.45, 2.75) is 53.4 Å². The molecule has 3 rings (SSSR count). The van der Waals surface area contributed by atoms with Crippen molar-refractivity contribution < 1.29 is 4.79 Å². The fraction of sp³-hybridized carbons (Fsp3) is 0.478. The summed E-state index contributed by atoms with van der Waals surface area (Å²) in [5.74, 6) is 0.752. The van der Waals surface area contributed by atoms with E-state index in [2.05, 4.69) is 26.1 Å². The maximum absolute atomic E-state index is 13.3. The number of nitrogens with zero attached hydrogens (tertiary/aromatic N) is 3. The molecule has 1 aliphatic heterocycles. The first-order valence-corrected chi connectivity index (χ1v) is 12.1. The summed E-state index contributed by atoms with van der Waals surface area (Å²) >= 11 is 6.70. The number of carbonyl (C=O) groups excluding carboxylic acids is 1. The molecule has 0 aromatic carbocycles. The van der Waals surface area contributed by atoms with Crippen LogP contribution in [0.5, 0.6) is 0 Å². The van der Waals surface area contributed by atoms with E-state index >= 15 is 0 Å². The highest BCUT2D eigenvalue weighted by molar-refractivity contribution is 8.26. The first-order chi connectivity index (χ1) is 14.8. The Kier molecular flexibility index (Phi) is 7.89. The quantitative estimate of drug-likeness (QED) is 0.329. The molecule has 1 N–H and O–H groups in total. The zero-order valence-corrected chi connectivity index (χ0v) is 20.2. The summed E-state index contributed by atoms with van der Waals surface area (Å²) in [6.07, 6.45) is 7.65. The van der Waals surface area contributed by atoms with E-state index in [0.717, 1.165) is 31.2 Å². The van der Waals surface area contributed by atoms with E-state index in [-0.39, 0.29) is 11.5 Å². The van der Waals surface area contributed by atoms with Crippen molar-refractivity contribution in [1.29, 1.82) is 0 Å². The third-order valence-electron chi connectivity index (χ3n) is 5.15. The largest absolute Gasteiger partial charge is 0.369 e. The number of anilines is 1. The Bertz CT molecular complexity index is 1080. The average Bonchev–Trinajstić information content (AvgIpc) is 2.99. The lowest BCUT2D eigenvalue weighted by atomic mass is 10.2. The van der Waals surface area contributed by atoms with E-state index in [4.69, 9.17) is 17.2 Å². The fourth-order valence-electron chi connectivity index (χ4n) is 3.40. The maximum Gasteiger partial charge on any atom is 0.267 e. The van der Waals surface area contributed by atoms with Gasteiger partial charge in [-0.15, -0.1) is 0 Å². The number of nitrogens with one attached hydrogen (secondary N) is 1. The first kappa shape index (κ1) is 23.5. The number of aromatic nitrogens is 2. The zero-order valence-electron chi connectivity index (χ0n) is 18.6. The molecule has 2 aromatic rings. The van der Waals surface area contributed by atoms with Crippen molar-refractivity contribution >= 4 is 51.7 Å². The predicted molar refractivity (Wildman–Crippen MR) is 134 cm³/mol. The van der Waals surface area contributed by atoms with Crippen molar-refractivity contribution in [2.75, 3.05) is 18.4 Å². The number of hydrogen-bond acceptors (Lipinski definition) is 6. The molecule has 0 atom stereocenters. The van der Waals surface area contributed by atoms with Crippen LogP contribution in [-0.2, 0) is 4.79 Å². The molecule has 1 saturated heterocycles. The van der Waals surface area contributed by atoms with E-state index in [9.17, 15) is 9.59 Å². The van der Waals surface area contributed by atoms with Crippen LogP contribution in [0.2, 0.25) is 0 Å². The Morgan fingerprint density at radius 3 is 2.74 bits per heavy atom. The zero-order chi connectivity index (χ0) is 22.5. The number of thiocarbonyl (C=S) groups is 1. The molecular weight excluding hydrogens is 428 g/mol. The smallest absolute Gasteiger partial charge is 0.267 e. The van der Waals surface area contributed by atoms with Gasteiger partial charge in [0.2, 0.25) is 0 Å². The number of hydrogen-bond donors (Lipinski definition) is 1. The molecule has 0 aliphatic carbocycles. The van der Waals surface area contributed by atoms with Gasteiger partial charge in [-0.05, 0) is 37.0 Å². The number of unbranched alkanes of at least 4 members (excludes halogenated alkanes) is 3. The summed E-state index contributed by atoms with van der Waals surface area (Å²) in [5.41, 5.74) is 1.71. The van der Waals surface area contributed by atoms with Gasteiger partial charge in [0.05, 0.1) is 10.5 Å². The van der Waals surface area contributed by atoms with Crippen LogP contribution in [0.3, 0.4) is 0 Å². The Morgan fingerprint density at radius 1 is 1.26 bits per heavy atom. The van der Waals surface area contributed by atoms with E-state index in [1.165, 1.54) is 16.2 Å². The Hall–Kier alpha value is -2.19. The second-order valence-corrected chi connectivity index (χ2v) is 9.91. The minimum Gasteiger partial charge on any atom is -0.369 e. The molecule has 0 bridgehead atoms. The molecule has 6 nitrogen and oxygen atoms in total.